The largest absolute Gasteiger partial charge is 0.355 e. The van der Waals surface area contributed by atoms with Gasteiger partial charge in [-0.3, -0.25) is 19.3 Å². The van der Waals surface area contributed by atoms with Crippen LogP contribution < -0.4 is 10.6 Å². The molecule has 0 unspecified atom stereocenters. The summed E-state index contributed by atoms with van der Waals surface area (Å²) in [6.45, 7) is 12.2. The first-order chi connectivity index (χ1) is 13.7. The normalized spacial score (nSPS) is 15.1. The summed E-state index contributed by atoms with van der Waals surface area (Å²) in [6.07, 6.45) is 0.280. The Morgan fingerprint density at radius 1 is 0.966 bits per heavy atom. The molecule has 1 heterocycles. The highest BCUT2D eigenvalue weighted by Crippen LogP contribution is 2.22. The van der Waals surface area contributed by atoms with Crippen LogP contribution >= 0.6 is 0 Å². The third-order valence-corrected chi connectivity index (χ3v) is 5.10. The van der Waals surface area contributed by atoms with E-state index in [2.05, 4.69) is 36.3 Å². The van der Waals surface area contributed by atoms with Gasteiger partial charge in [0.2, 0.25) is 11.8 Å². The maximum atomic E-state index is 12.4. The summed E-state index contributed by atoms with van der Waals surface area (Å²) in [5, 5.41) is 5.61. The lowest BCUT2D eigenvalue weighted by atomic mass is 9.87. The molecule has 7 heteroatoms. The molecule has 1 fully saturated rings. The maximum absolute atomic E-state index is 12.4. The molecular weight excluding hydrogens is 368 g/mol. The number of amides is 3. The summed E-state index contributed by atoms with van der Waals surface area (Å²) in [5.74, 6) is -0.110. The molecule has 1 saturated heterocycles. The minimum Gasteiger partial charge on any atom is -0.355 e. The summed E-state index contributed by atoms with van der Waals surface area (Å²) >= 11 is 0. The molecule has 1 aliphatic heterocycles. The fourth-order valence-corrected chi connectivity index (χ4v) is 3.28. The molecule has 2 N–H and O–H groups in total. The maximum Gasteiger partial charge on any atom is 0.251 e. The number of benzene rings is 1. The highest BCUT2D eigenvalue weighted by molar-refractivity contribution is 5.94. The van der Waals surface area contributed by atoms with Gasteiger partial charge in [-0.1, -0.05) is 32.9 Å². The van der Waals surface area contributed by atoms with Gasteiger partial charge in [0, 0.05) is 51.3 Å². The first-order valence-electron chi connectivity index (χ1n) is 10.4. The molecule has 29 heavy (non-hydrogen) atoms. The molecule has 0 aliphatic carbocycles. The molecule has 0 bridgehead atoms. The summed E-state index contributed by atoms with van der Waals surface area (Å²) in [7, 11) is 0. The van der Waals surface area contributed by atoms with Crippen LogP contribution in [-0.4, -0.2) is 73.3 Å². The molecule has 3 amide bonds. The molecule has 0 spiro atoms. The Morgan fingerprint density at radius 2 is 1.59 bits per heavy atom. The van der Waals surface area contributed by atoms with Crippen molar-refractivity contribution in [2.45, 2.75) is 39.5 Å². The summed E-state index contributed by atoms with van der Waals surface area (Å²) < 4.78 is 0. The Hall–Kier alpha value is -2.41. The first kappa shape index (κ1) is 22.9. The van der Waals surface area contributed by atoms with Crippen LogP contribution in [-0.2, 0) is 15.0 Å². The monoisotopic (exact) mass is 402 g/mol. The van der Waals surface area contributed by atoms with Crippen LogP contribution in [0.2, 0.25) is 0 Å². The highest BCUT2D eigenvalue weighted by atomic mass is 16.2. The predicted molar refractivity (Wildman–Crippen MR) is 114 cm³/mol. The lowest BCUT2D eigenvalue weighted by Crippen LogP contribution is -2.51. The van der Waals surface area contributed by atoms with Gasteiger partial charge in [-0.05, 0) is 30.0 Å². The quantitative estimate of drug-likeness (QED) is 0.722. The van der Waals surface area contributed by atoms with Crippen LogP contribution in [0.1, 0.15) is 50.0 Å². The van der Waals surface area contributed by atoms with Crippen molar-refractivity contribution in [2.75, 3.05) is 45.8 Å². The van der Waals surface area contributed by atoms with Crippen LogP contribution in [0.3, 0.4) is 0 Å². The molecule has 0 atom stereocenters. The van der Waals surface area contributed by atoms with Crippen molar-refractivity contribution < 1.29 is 14.4 Å². The number of nitrogens with one attached hydrogen (secondary N) is 2. The van der Waals surface area contributed by atoms with Gasteiger partial charge in [-0.15, -0.1) is 0 Å². The summed E-state index contributed by atoms with van der Waals surface area (Å²) in [6, 6.07) is 7.60. The van der Waals surface area contributed by atoms with Crippen molar-refractivity contribution >= 4 is 17.7 Å². The number of rotatable bonds is 7. The van der Waals surface area contributed by atoms with Gasteiger partial charge in [0.05, 0.1) is 6.54 Å². The smallest absolute Gasteiger partial charge is 0.251 e. The summed E-state index contributed by atoms with van der Waals surface area (Å²) in [4.78, 5) is 40.2. The minimum absolute atomic E-state index is 0.0190. The molecule has 1 aromatic carbocycles. The first-order valence-corrected chi connectivity index (χ1v) is 10.4. The molecule has 7 nitrogen and oxygen atoms in total. The van der Waals surface area contributed by atoms with Crippen molar-refractivity contribution in [3.63, 3.8) is 0 Å². The van der Waals surface area contributed by atoms with Crippen molar-refractivity contribution in [3.8, 4) is 0 Å². The van der Waals surface area contributed by atoms with E-state index in [9.17, 15) is 14.4 Å². The van der Waals surface area contributed by atoms with E-state index in [1.165, 1.54) is 5.56 Å². The van der Waals surface area contributed by atoms with Gasteiger partial charge in [0.15, 0.2) is 0 Å². The van der Waals surface area contributed by atoms with E-state index in [0.29, 0.717) is 51.4 Å². The van der Waals surface area contributed by atoms with E-state index < -0.39 is 0 Å². The van der Waals surface area contributed by atoms with Crippen molar-refractivity contribution in [1.82, 2.24) is 20.4 Å². The number of likely N-dealkylation sites (N-methyl/N-ethyl adjacent to an activating group) is 1. The summed E-state index contributed by atoms with van der Waals surface area (Å²) in [5.41, 5.74) is 1.82. The molecule has 2 rings (SSSR count). The second-order valence-corrected chi connectivity index (χ2v) is 8.44. The molecule has 0 saturated carbocycles. The average molecular weight is 403 g/mol. The van der Waals surface area contributed by atoms with Crippen LogP contribution in [0.15, 0.2) is 24.3 Å². The molecule has 1 aliphatic rings. The third-order valence-electron chi connectivity index (χ3n) is 5.10. The Labute approximate surface area is 173 Å². The number of hydrogen-bond acceptors (Lipinski definition) is 4. The van der Waals surface area contributed by atoms with Crippen molar-refractivity contribution in [3.05, 3.63) is 35.4 Å². The van der Waals surface area contributed by atoms with E-state index in [4.69, 9.17) is 0 Å². The number of hydrogen-bond donors (Lipinski definition) is 2. The van der Waals surface area contributed by atoms with Gasteiger partial charge in [-0.25, -0.2) is 0 Å². The number of carbonyl (C=O) groups is 3. The van der Waals surface area contributed by atoms with Gasteiger partial charge in [0.1, 0.15) is 0 Å². The zero-order chi connectivity index (χ0) is 21.4. The fourth-order valence-electron chi connectivity index (χ4n) is 3.28. The van der Waals surface area contributed by atoms with Gasteiger partial charge in [0.25, 0.3) is 5.91 Å². The zero-order valence-corrected chi connectivity index (χ0v) is 18.1. The molecular formula is C22H34N4O3. The predicted octanol–water partition coefficient (Wildman–Crippen LogP) is 1.38. The fraction of sp³-hybridized carbons (Fsp3) is 0.591. The van der Waals surface area contributed by atoms with Crippen LogP contribution in [0, 0.1) is 0 Å². The SMILES string of the molecule is CCNC(=O)CN1CCN(C(=O)CCNC(=O)c2ccc(C(C)(C)C)cc2)CC1. The van der Waals surface area contributed by atoms with E-state index >= 15 is 0 Å². The molecule has 0 aromatic heterocycles. The number of nitrogens with zero attached hydrogens (tertiary/aromatic N) is 2. The third kappa shape index (κ3) is 7.16. The van der Waals surface area contributed by atoms with Crippen molar-refractivity contribution in [1.29, 1.82) is 0 Å². The second kappa shape index (κ2) is 10.4. The van der Waals surface area contributed by atoms with Crippen LogP contribution in [0.5, 0.6) is 0 Å². The van der Waals surface area contributed by atoms with E-state index in [1.54, 1.807) is 4.90 Å². The number of piperazine rings is 1. The van der Waals surface area contributed by atoms with Crippen LogP contribution in [0.25, 0.3) is 0 Å². The lowest BCUT2D eigenvalue weighted by Gasteiger charge is -2.34. The van der Waals surface area contributed by atoms with Gasteiger partial charge < -0.3 is 15.5 Å². The number of carbonyl (C=O) groups excluding carboxylic acids is 3. The standard InChI is InChI=1S/C22H34N4O3/c1-5-23-19(27)16-25-12-14-26(15-13-25)20(28)10-11-24-21(29)17-6-8-18(9-7-17)22(2,3)4/h6-9H,5,10-16H2,1-4H3,(H,23,27)(H,24,29). The van der Waals surface area contributed by atoms with Gasteiger partial charge >= 0.3 is 0 Å². The minimum atomic E-state index is -0.162. The van der Waals surface area contributed by atoms with Gasteiger partial charge in [-0.2, -0.15) is 0 Å². The van der Waals surface area contributed by atoms with Crippen LogP contribution in [0.4, 0.5) is 0 Å². The molecule has 0 radical (unpaired) electrons. The van der Waals surface area contributed by atoms with Crippen molar-refractivity contribution in [2.24, 2.45) is 0 Å². The Balaban J connectivity index is 1.70. The van der Waals surface area contributed by atoms with E-state index in [1.807, 2.05) is 31.2 Å². The average Bonchev–Trinajstić information content (AvgIpc) is 2.68. The zero-order valence-electron chi connectivity index (χ0n) is 18.1. The highest BCUT2D eigenvalue weighted by Gasteiger charge is 2.22. The van der Waals surface area contributed by atoms with E-state index in [-0.39, 0.29) is 29.6 Å². The lowest BCUT2D eigenvalue weighted by molar-refractivity contribution is -0.133. The van der Waals surface area contributed by atoms with E-state index in [0.717, 1.165) is 0 Å². The second-order valence-electron chi connectivity index (χ2n) is 8.44. The Bertz CT molecular complexity index is 702. The molecule has 160 valence electrons. The molecule has 1 aromatic rings. The topological polar surface area (TPSA) is 81.8 Å². The Morgan fingerprint density at radius 3 is 2.14 bits per heavy atom. The Kier molecular flexibility index (Phi) is 8.20.